The molecule has 0 spiro atoms. The van der Waals surface area contributed by atoms with E-state index in [0.717, 1.165) is 6.54 Å². The minimum absolute atomic E-state index is 0.0203. The van der Waals surface area contributed by atoms with Crippen molar-refractivity contribution in [2.75, 3.05) is 30.4 Å². The average Bonchev–Trinajstić information content (AvgIpc) is 2.63. The molecular weight excluding hydrogens is 320 g/mol. The Morgan fingerprint density at radius 1 is 1.16 bits per heavy atom. The maximum atomic E-state index is 12.3. The maximum absolute atomic E-state index is 12.3. The SMILES string of the molecule is O=C(CC1COCCN1)Nc1cccc(C(=O)Nc2ccncc2)c1. The van der Waals surface area contributed by atoms with Crippen LogP contribution < -0.4 is 16.0 Å². The molecule has 25 heavy (non-hydrogen) atoms. The van der Waals surface area contributed by atoms with Crippen LogP contribution in [-0.2, 0) is 9.53 Å². The Bertz CT molecular complexity index is 730. The third-order valence-corrected chi connectivity index (χ3v) is 3.78. The van der Waals surface area contributed by atoms with Gasteiger partial charge in [0, 0.05) is 48.3 Å². The van der Waals surface area contributed by atoms with E-state index in [9.17, 15) is 9.59 Å². The molecule has 3 N–H and O–H groups in total. The molecular formula is C18H20N4O3. The number of nitrogens with one attached hydrogen (secondary N) is 3. The third-order valence-electron chi connectivity index (χ3n) is 3.78. The van der Waals surface area contributed by atoms with Crippen LogP contribution >= 0.6 is 0 Å². The van der Waals surface area contributed by atoms with Gasteiger partial charge < -0.3 is 20.7 Å². The molecule has 1 atom stereocenters. The first-order valence-electron chi connectivity index (χ1n) is 8.13. The van der Waals surface area contributed by atoms with Crippen molar-refractivity contribution in [1.82, 2.24) is 10.3 Å². The quantitative estimate of drug-likeness (QED) is 0.770. The van der Waals surface area contributed by atoms with Crippen LogP contribution in [0.2, 0.25) is 0 Å². The van der Waals surface area contributed by atoms with Crippen molar-refractivity contribution in [2.24, 2.45) is 0 Å². The predicted octanol–water partition coefficient (Wildman–Crippen LogP) is 1.65. The van der Waals surface area contributed by atoms with E-state index in [1.807, 2.05) is 0 Å². The van der Waals surface area contributed by atoms with Gasteiger partial charge in [-0.3, -0.25) is 14.6 Å². The molecule has 0 bridgehead atoms. The van der Waals surface area contributed by atoms with Crippen molar-refractivity contribution >= 4 is 23.2 Å². The molecule has 2 aromatic rings. The van der Waals surface area contributed by atoms with Crippen LogP contribution in [0.3, 0.4) is 0 Å². The van der Waals surface area contributed by atoms with Gasteiger partial charge in [0.05, 0.1) is 13.2 Å². The van der Waals surface area contributed by atoms with Crippen molar-refractivity contribution in [1.29, 1.82) is 0 Å². The Balaban J connectivity index is 1.58. The summed E-state index contributed by atoms with van der Waals surface area (Å²) in [4.78, 5) is 28.3. The van der Waals surface area contributed by atoms with Gasteiger partial charge in [-0.15, -0.1) is 0 Å². The van der Waals surface area contributed by atoms with Crippen molar-refractivity contribution in [3.05, 3.63) is 54.4 Å². The number of carbonyl (C=O) groups is 2. The van der Waals surface area contributed by atoms with Gasteiger partial charge in [-0.2, -0.15) is 0 Å². The number of carbonyl (C=O) groups excluding carboxylic acids is 2. The molecule has 7 nitrogen and oxygen atoms in total. The van der Waals surface area contributed by atoms with Gasteiger partial charge in [-0.05, 0) is 30.3 Å². The fourth-order valence-corrected chi connectivity index (χ4v) is 2.56. The van der Waals surface area contributed by atoms with Gasteiger partial charge in [0.15, 0.2) is 0 Å². The molecule has 1 aliphatic rings. The summed E-state index contributed by atoms with van der Waals surface area (Å²) < 4.78 is 5.34. The number of anilines is 2. The summed E-state index contributed by atoms with van der Waals surface area (Å²) in [5, 5.41) is 8.85. The Hall–Kier alpha value is -2.77. The number of pyridine rings is 1. The number of hydrogen-bond acceptors (Lipinski definition) is 5. The molecule has 0 saturated carbocycles. The summed E-state index contributed by atoms with van der Waals surface area (Å²) in [6.45, 7) is 1.96. The first kappa shape index (κ1) is 17.1. The van der Waals surface area contributed by atoms with E-state index in [-0.39, 0.29) is 17.9 Å². The van der Waals surface area contributed by atoms with Gasteiger partial charge >= 0.3 is 0 Å². The largest absolute Gasteiger partial charge is 0.378 e. The number of rotatable bonds is 5. The molecule has 1 aromatic heterocycles. The molecule has 3 rings (SSSR count). The molecule has 1 saturated heterocycles. The molecule has 1 aliphatic heterocycles. The second kappa shape index (κ2) is 8.36. The molecule has 2 amide bonds. The van der Waals surface area contributed by atoms with Crippen LogP contribution in [0, 0.1) is 0 Å². The third kappa shape index (κ3) is 5.10. The van der Waals surface area contributed by atoms with Gasteiger partial charge in [-0.1, -0.05) is 6.07 Å². The van der Waals surface area contributed by atoms with Crippen LogP contribution in [0.15, 0.2) is 48.8 Å². The normalized spacial score (nSPS) is 16.9. The van der Waals surface area contributed by atoms with E-state index in [1.54, 1.807) is 48.8 Å². The Labute approximate surface area is 145 Å². The number of hydrogen-bond donors (Lipinski definition) is 3. The molecule has 1 fully saturated rings. The molecule has 1 aromatic carbocycles. The molecule has 1 unspecified atom stereocenters. The van der Waals surface area contributed by atoms with Crippen molar-refractivity contribution in [3.63, 3.8) is 0 Å². The number of aromatic nitrogens is 1. The number of morpholine rings is 1. The summed E-state index contributed by atoms with van der Waals surface area (Å²) in [5.41, 5.74) is 1.72. The lowest BCUT2D eigenvalue weighted by Crippen LogP contribution is -2.43. The molecule has 0 radical (unpaired) electrons. The van der Waals surface area contributed by atoms with Crippen molar-refractivity contribution < 1.29 is 14.3 Å². The van der Waals surface area contributed by atoms with Gasteiger partial charge in [0.25, 0.3) is 5.91 Å². The Morgan fingerprint density at radius 2 is 2.00 bits per heavy atom. The summed E-state index contributed by atoms with van der Waals surface area (Å²) in [5.74, 6) is -0.362. The highest BCUT2D eigenvalue weighted by Crippen LogP contribution is 2.14. The lowest BCUT2D eigenvalue weighted by Gasteiger charge is -2.23. The zero-order valence-electron chi connectivity index (χ0n) is 13.7. The topological polar surface area (TPSA) is 92.4 Å². The summed E-state index contributed by atoms with van der Waals surface area (Å²) in [6.07, 6.45) is 3.54. The first-order chi connectivity index (χ1) is 12.2. The second-order valence-corrected chi connectivity index (χ2v) is 5.75. The zero-order chi connectivity index (χ0) is 17.5. The molecule has 0 aliphatic carbocycles. The first-order valence-corrected chi connectivity index (χ1v) is 8.13. The minimum Gasteiger partial charge on any atom is -0.378 e. The fourth-order valence-electron chi connectivity index (χ4n) is 2.56. The summed E-state index contributed by atoms with van der Waals surface area (Å²) >= 11 is 0. The van der Waals surface area contributed by atoms with Gasteiger partial charge in [0.1, 0.15) is 0 Å². The van der Waals surface area contributed by atoms with Crippen LogP contribution in [0.1, 0.15) is 16.8 Å². The number of nitrogens with zero attached hydrogens (tertiary/aromatic N) is 1. The number of ether oxygens (including phenoxy) is 1. The summed E-state index contributed by atoms with van der Waals surface area (Å²) in [7, 11) is 0. The molecule has 2 heterocycles. The maximum Gasteiger partial charge on any atom is 0.255 e. The van der Waals surface area contributed by atoms with Crippen molar-refractivity contribution in [3.8, 4) is 0 Å². The van der Waals surface area contributed by atoms with E-state index in [2.05, 4.69) is 20.9 Å². The van der Waals surface area contributed by atoms with Gasteiger partial charge in [-0.25, -0.2) is 0 Å². The molecule has 130 valence electrons. The average molecular weight is 340 g/mol. The van der Waals surface area contributed by atoms with E-state index < -0.39 is 0 Å². The highest BCUT2D eigenvalue weighted by Gasteiger charge is 2.17. The smallest absolute Gasteiger partial charge is 0.255 e. The Kier molecular flexibility index (Phi) is 5.71. The number of amides is 2. The monoisotopic (exact) mass is 340 g/mol. The van der Waals surface area contributed by atoms with Crippen LogP contribution in [0.5, 0.6) is 0 Å². The van der Waals surface area contributed by atoms with E-state index >= 15 is 0 Å². The summed E-state index contributed by atoms with van der Waals surface area (Å²) in [6, 6.07) is 10.3. The predicted molar refractivity (Wildman–Crippen MR) is 94.5 cm³/mol. The van der Waals surface area contributed by atoms with Gasteiger partial charge in [0.2, 0.25) is 5.91 Å². The lowest BCUT2D eigenvalue weighted by molar-refractivity contribution is -0.117. The Morgan fingerprint density at radius 3 is 2.76 bits per heavy atom. The van der Waals surface area contributed by atoms with Crippen LogP contribution in [0.25, 0.3) is 0 Å². The van der Waals surface area contributed by atoms with Crippen LogP contribution in [0.4, 0.5) is 11.4 Å². The highest BCUT2D eigenvalue weighted by molar-refractivity contribution is 6.05. The number of benzene rings is 1. The zero-order valence-corrected chi connectivity index (χ0v) is 13.7. The van der Waals surface area contributed by atoms with E-state index in [1.165, 1.54) is 0 Å². The van der Waals surface area contributed by atoms with E-state index in [0.29, 0.717) is 36.6 Å². The lowest BCUT2D eigenvalue weighted by atomic mass is 10.1. The fraction of sp³-hybridized carbons (Fsp3) is 0.278. The van der Waals surface area contributed by atoms with E-state index in [4.69, 9.17) is 4.74 Å². The standard InChI is InChI=1S/C18H20N4O3/c23-17(11-16-12-25-9-8-20-16)21-15-3-1-2-13(10-15)18(24)22-14-4-6-19-7-5-14/h1-7,10,16,20H,8-9,11-12H2,(H,21,23)(H,19,22,24). The van der Waals surface area contributed by atoms with Crippen LogP contribution in [-0.4, -0.2) is 42.6 Å². The minimum atomic E-state index is -0.246. The molecule has 7 heteroatoms. The highest BCUT2D eigenvalue weighted by atomic mass is 16.5. The second-order valence-electron chi connectivity index (χ2n) is 5.75. The van der Waals surface area contributed by atoms with Crippen molar-refractivity contribution in [2.45, 2.75) is 12.5 Å².